The first-order chi connectivity index (χ1) is 13.3. The summed E-state index contributed by atoms with van der Waals surface area (Å²) in [5, 5.41) is 15.1. The molecule has 0 aliphatic carbocycles. The molecule has 2 atom stereocenters. The minimum Gasteiger partial charge on any atom is -0.478 e. The third kappa shape index (κ3) is 3.59. The summed E-state index contributed by atoms with van der Waals surface area (Å²) in [5.74, 6) is 1.14. The molecule has 3 rings (SSSR count). The third-order valence-corrected chi connectivity index (χ3v) is 5.06. The molecule has 1 aromatic heterocycles. The molecule has 150 valence electrons. The SMILES string of the molecule is C=CCN1C(=O)N(c2cc(C(C)(C)Oc3ccccc3Cl)on2)C(O)C1CC. The molecular weight excluding hydrogens is 382 g/mol. The summed E-state index contributed by atoms with van der Waals surface area (Å²) < 4.78 is 11.4. The molecule has 1 N–H and O–H groups in total. The van der Waals surface area contributed by atoms with E-state index in [0.29, 0.717) is 29.5 Å². The molecule has 2 amide bonds. The summed E-state index contributed by atoms with van der Waals surface area (Å²) in [6, 6.07) is 8.03. The number of aliphatic hydroxyl groups excluding tert-OH is 1. The van der Waals surface area contributed by atoms with E-state index in [1.54, 1.807) is 29.2 Å². The van der Waals surface area contributed by atoms with Crippen molar-refractivity contribution in [2.24, 2.45) is 0 Å². The predicted molar refractivity (Wildman–Crippen MR) is 106 cm³/mol. The molecule has 0 spiro atoms. The van der Waals surface area contributed by atoms with E-state index in [1.807, 2.05) is 32.9 Å². The Hall–Kier alpha value is -2.51. The van der Waals surface area contributed by atoms with Gasteiger partial charge in [0.2, 0.25) is 0 Å². The van der Waals surface area contributed by atoms with Gasteiger partial charge >= 0.3 is 6.03 Å². The van der Waals surface area contributed by atoms with Gasteiger partial charge in [-0.15, -0.1) is 6.58 Å². The number of rotatable bonds is 7. The van der Waals surface area contributed by atoms with Crippen LogP contribution in [0.1, 0.15) is 33.0 Å². The fourth-order valence-electron chi connectivity index (χ4n) is 3.26. The van der Waals surface area contributed by atoms with Crippen molar-refractivity contribution in [3.63, 3.8) is 0 Å². The van der Waals surface area contributed by atoms with Crippen LogP contribution >= 0.6 is 11.6 Å². The van der Waals surface area contributed by atoms with E-state index in [4.69, 9.17) is 20.9 Å². The van der Waals surface area contributed by atoms with Gasteiger partial charge in [0.25, 0.3) is 0 Å². The first kappa shape index (κ1) is 20.2. The van der Waals surface area contributed by atoms with E-state index in [2.05, 4.69) is 11.7 Å². The second-order valence-electron chi connectivity index (χ2n) is 7.07. The van der Waals surface area contributed by atoms with Crippen molar-refractivity contribution in [2.45, 2.75) is 45.1 Å². The van der Waals surface area contributed by atoms with Crippen molar-refractivity contribution < 1.29 is 19.2 Å². The molecule has 2 aromatic rings. The zero-order valence-corrected chi connectivity index (χ0v) is 16.9. The van der Waals surface area contributed by atoms with Gasteiger partial charge in [-0.25, -0.2) is 9.69 Å². The number of carbonyl (C=O) groups excluding carboxylic acids is 1. The maximum Gasteiger partial charge on any atom is 0.328 e. The number of ether oxygens (including phenoxy) is 1. The second kappa shape index (κ2) is 7.85. The van der Waals surface area contributed by atoms with Crippen molar-refractivity contribution >= 4 is 23.4 Å². The van der Waals surface area contributed by atoms with Crippen molar-refractivity contribution in [2.75, 3.05) is 11.4 Å². The summed E-state index contributed by atoms with van der Waals surface area (Å²) in [4.78, 5) is 15.6. The van der Waals surface area contributed by atoms with Gasteiger partial charge in [0.05, 0.1) is 11.1 Å². The zero-order chi connectivity index (χ0) is 20.5. The number of para-hydroxylation sites is 1. The number of urea groups is 1. The van der Waals surface area contributed by atoms with Gasteiger partial charge in [-0.1, -0.05) is 41.9 Å². The highest BCUT2D eigenvalue weighted by atomic mass is 35.5. The lowest BCUT2D eigenvalue weighted by Crippen LogP contribution is -2.37. The molecule has 28 heavy (non-hydrogen) atoms. The molecule has 1 fully saturated rings. The van der Waals surface area contributed by atoms with Crippen molar-refractivity contribution in [1.82, 2.24) is 10.1 Å². The Bertz CT molecular complexity index is 867. The van der Waals surface area contributed by atoms with Crippen LogP contribution < -0.4 is 9.64 Å². The average molecular weight is 406 g/mol. The standard InChI is InChI=1S/C20H24ClN3O4/c1-5-11-23-14(6-2)18(25)24(19(23)26)17-12-16(28-22-17)20(3,4)27-15-10-8-7-9-13(15)21/h5,7-10,12,14,18,25H,1,6,11H2,2-4H3. The highest BCUT2D eigenvalue weighted by Gasteiger charge is 2.46. The Morgan fingerprint density at radius 3 is 2.79 bits per heavy atom. The average Bonchev–Trinajstić information content (AvgIpc) is 3.21. The normalized spacial score (nSPS) is 20.0. The maximum atomic E-state index is 12.8. The molecule has 7 nitrogen and oxygen atoms in total. The Balaban J connectivity index is 1.86. The summed E-state index contributed by atoms with van der Waals surface area (Å²) in [5.41, 5.74) is -0.894. The van der Waals surface area contributed by atoms with Crippen LogP contribution in [-0.2, 0) is 5.60 Å². The molecule has 1 aromatic carbocycles. The lowest BCUT2D eigenvalue weighted by molar-refractivity contribution is 0.0750. The number of nitrogens with zero attached hydrogens (tertiary/aromatic N) is 3. The van der Waals surface area contributed by atoms with Crippen molar-refractivity contribution in [3.05, 3.63) is 53.8 Å². The molecule has 0 radical (unpaired) electrons. The highest BCUT2D eigenvalue weighted by molar-refractivity contribution is 6.32. The number of anilines is 1. The van der Waals surface area contributed by atoms with Gasteiger partial charge in [-0.05, 0) is 32.4 Å². The molecule has 0 saturated carbocycles. The van der Waals surface area contributed by atoms with Crippen LogP contribution in [0.4, 0.5) is 10.6 Å². The molecule has 0 bridgehead atoms. The first-order valence-corrected chi connectivity index (χ1v) is 9.47. The second-order valence-corrected chi connectivity index (χ2v) is 7.48. The monoisotopic (exact) mass is 405 g/mol. The molecular formula is C20H24ClN3O4. The van der Waals surface area contributed by atoms with E-state index in [9.17, 15) is 9.90 Å². The van der Waals surface area contributed by atoms with E-state index in [1.165, 1.54) is 4.90 Å². The smallest absolute Gasteiger partial charge is 0.328 e. The number of carbonyl (C=O) groups is 1. The van der Waals surface area contributed by atoms with Crippen LogP contribution in [0.25, 0.3) is 0 Å². The number of halogens is 1. The summed E-state index contributed by atoms with van der Waals surface area (Å²) in [6.07, 6.45) is 1.21. The number of amides is 2. The molecule has 8 heteroatoms. The van der Waals surface area contributed by atoms with Crippen molar-refractivity contribution in [3.8, 4) is 5.75 Å². The fourth-order valence-corrected chi connectivity index (χ4v) is 3.43. The van der Waals surface area contributed by atoms with Crippen LogP contribution in [-0.4, -0.2) is 40.0 Å². The number of benzene rings is 1. The van der Waals surface area contributed by atoms with Gasteiger partial charge in [-0.3, -0.25) is 0 Å². The van der Waals surface area contributed by atoms with E-state index < -0.39 is 11.8 Å². The van der Waals surface area contributed by atoms with Crippen LogP contribution in [0.2, 0.25) is 5.02 Å². The Labute approximate surface area is 169 Å². The van der Waals surface area contributed by atoms with Gasteiger partial charge in [0.1, 0.15) is 5.75 Å². The van der Waals surface area contributed by atoms with E-state index in [-0.39, 0.29) is 17.9 Å². The predicted octanol–water partition coefficient (Wildman–Crippen LogP) is 4.17. The minimum absolute atomic E-state index is 0.230. The molecule has 1 aliphatic rings. The van der Waals surface area contributed by atoms with Crippen LogP contribution in [0.5, 0.6) is 5.75 Å². The maximum absolute atomic E-state index is 12.8. The summed E-state index contributed by atoms with van der Waals surface area (Å²) in [7, 11) is 0. The quantitative estimate of drug-likeness (QED) is 0.699. The first-order valence-electron chi connectivity index (χ1n) is 9.09. The van der Waals surface area contributed by atoms with Gasteiger partial charge in [-0.2, -0.15) is 0 Å². The fraction of sp³-hybridized carbons (Fsp3) is 0.400. The topological polar surface area (TPSA) is 79.0 Å². The number of aromatic nitrogens is 1. The molecule has 2 unspecified atom stereocenters. The Kier molecular flexibility index (Phi) is 5.67. The van der Waals surface area contributed by atoms with Crippen LogP contribution in [0, 0.1) is 0 Å². The molecule has 2 heterocycles. The van der Waals surface area contributed by atoms with Crippen LogP contribution in [0.3, 0.4) is 0 Å². The summed E-state index contributed by atoms with van der Waals surface area (Å²) in [6.45, 7) is 9.55. The van der Waals surface area contributed by atoms with Gasteiger partial charge < -0.3 is 19.3 Å². The largest absolute Gasteiger partial charge is 0.478 e. The lowest BCUT2D eigenvalue weighted by atomic mass is 10.1. The summed E-state index contributed by atoms with van der Waals surface area (Å²) >= 11 is 6.17. The van der Waals surface area contributed by atoms with Crippen molar-refractivity contribution in [1.29, 1.82) is 0 Å². The molecule has 1 saturated heterocycles. The number of hydrogen-bond donors (Lipinski definition) is 1. The Morgan fingerprint density at radius 1 is 1.43 bits per heavy atom. The zero-order valence-electron chi connectivity index (χ0n) is 16.1. The lowest BCUT2D eigenvalue weighted by Gasteiger charge is -2.24. The van der Waals surface area contributed by atoms with Gasteiger partial charge in [0.15, 0.2) is 23.4 Å². The number of hydrogen-bond acceptors (Lipinski definition) is 5. The molecule has 1 aliphatic heterocycles. The Morgan fingerprint density at radius 2 is 2.14 bits per heavy atom. The third-order valence-electron chi connectivity index (χ3n) is 4.74. The number of aliphatic hydroxyl groups is 1. The van der Waals surface area contributed by atoms with E-state index >= 15 is 0 Å². The van der Waals surface area contributed by atoms with Crippen LogP contribution in [0.15, 0.2) is 47.5 Å². The van der Waals surface area contributed by atoms with Gasteiger partial charge in [0, 0.05) is 12.6 Å². The highest BCUT2D eigenvalue weighted by Crippen LogP contribution is 2.35. The van der Waals surface area contributed by atoms with E-state index in [0.717, 1.165) is 0 Å². The minimum atomic E-state index is -1.03.